The molecule has 1 aromatic heterocycles. The van der Waals surface area contributed by atoms with Crippen LogP contribution in [0.1, 0.15) is 20.7 Å². The Bertz CT molecular complexity index is 678. The number of fused-ring (bicyclic) bond motifs is 3. The van der Waals surface area contributed by atoms with Crippen molar-refractivity contribution >= 4 is 34.4 Å². The number of rotatable bonds is 2. The number of aromatic amines is 1. The average Bonchev–Trinajstić information content (AvgIpc) is 2.74. The van der Waals surface area contributed by atoms with Crippen molar-refractivity contribution in [3.05, 3.63) is 47.5 Å². The van der Waals surface area contributed by atoms with E-state index in [-0.39, 0.29) is 0 Å². The van der Waals surface area contributed by atoms with Crippen LogP contribution in [0.15, 0.2) is 36.4 Å². The van der Waals surface area contributed by atoms with Crippen LogP contribution in [0.3, 0.4) is 0 Å². The Hall–Kier alpha value is -2.42. The molecule has 2 aromatic carbocycles. The van der Waals surface area contributed by atoms with Gasteiger partial charge in [-0.05, 0) is 12.1 Å². The Morgan fingerprint density at radius 1 is 0.765 bits per heavy atom. The molecule has 3 nitrogen and oxygen atoms in total. The van der Waals surface area contributed by atoms with E-state index in [0.717, 1.165) is 34.4 Å². The van der Waals surface area contributed by atoms with Gasteiger partial charge in [-0.1, -0.05) is 24.3 Å². The molecule has 0 bridgehead atoms. The van der Waals surface area contributed by atoms with Crippen molar-refractivity contribution in [2.75, 3.05) is 0 Å². The highest BCUT2D eigenvalue weighted by atomic mass is 16.1. The normalized spacial score (nSPS) is 10.8. The van der Waals surface area contributed by atoms with Gasteiger partial charge in [0.05, 0.1) is 0 Å². The molecular formula is C14H9NO2. The molecule has 0 radical (unpaired) electrons. The highest BCUT2D eigenvalue weighted by Crippen LogP contribution is 2.26. The zero-order valence-corrected chi connectivity index (χ0v) is 8.94. The molecule has 0 aliphatic rings. The van der Waals surface area contributed by atoms with E-state index >= 15 is 0 Å². The van der Waals surface area contributed by atoms with Gasteiger partial charge in [0, 0.05) is 32.9 Å². The SMILES string of the molecule is O=Cc1ccc2c(c1)[nH]c1cc(C=O)ccc12. The van der Waals surface area contributed by atoms with E-state index in [4.69, 9.17) is 0 Å². The number of H-pyrrole nitrogens is 1. The van der Waals surface area contributed by atoms with Crippen molar-refractivity contribution in [3.8, 4) is 0 Å². The van der Waals surface area contributed by atoms with E-state index in [0.29, 0.717) is 11.1 Å². The monoisotopic (exact) mass is 223 g/mol. The van der Waals surface area contributed by atoms with Crippen LogP contribution < -0.4 is 0 Å². The molecule has 3 aromatic rings. The van der Waals surface area contributed by atoms with Crippen molar-refractivity contribution in [2.24, 2.45) is 0 Å². The molecule has 17 heavy (non-hydrogen) atoms. The fraction of sp³-hybridized carbons (Fsp3) is 0. The number of aldehydes is 2. The van der Waals surface area contributed by atoms with Crippen LogP contribution in [0, 0.1) is 0 Å². The van der Waals surface area contributed by atoms with Crippen LogP contribution in [-0.2, 0) is 0 Å². The van der Waals surface area contributed by atoms with Crippen molar-refractivity contribution < 1.29 is 9.59 Å². The molecule has 0 saturated heterocycles. The minimum absolute atomic E-state index is 0.639. The summed E-state index contributed by atoms with van der Waals surface area (Å²) in [6.45, 7) is 0. The zero-order valence-electron chi connectivity index (χ0n) is 8.94. The summed E-state index contributed by atoms with van der Waals surface area (Å²) in [5, 5.41) is 2.12. The largest absolute Gasteiger partial charge is 0.354 e. The lowest BCUT2D eigenvalue weighted by Crippen LogP contribution is -1.77. The first kappa shape index (κ1) is 9.78. The lowest BCUT2D eigenvalue weighted by atomic mass is 10.1. The van der Waals surface area contributed by atoms with E-state index in [1.54, 1.807) is 12.1 Å². The zero-order chi connectivity index (χ0) is 11.8. The quantitative estimate of drug-likeness (QED) is 0.679. The van der Waals surface area contributed by atoms with Crippen LogP contribution in [0.4, 0.5) is 0 Å². The summed E-state index contributed by atoms with van der Waals surface area (Å²) in [6, 6.07) is 11.0. The van der Waals surface area contributed by atoms with Gasteiger partial charge in [0.2, 0.25) is 0 Å². The molecule has 0 fully saturated rings. The van der Waals surface area contributed by atoms with Crippen LogP contribution in [0.2, 0.25) is 0 Å². The van der Waals surface area contributed by atoms with Crippen molar-refractivity contribution in [3.63, 3.8) is 0 Å². The molecule has 0 spiro atoms. The van der Waals surface area contributed by atoms with Gasteiger partial charge in [-0.15, -0.1) is 0 Å². The maximum atomic E-state index is 10.7. The molecule has 0 amide bonds. The first-order valence-electron chi connectivity index (χ1n) is 5.27. The molecule has 1 N–H and O–H groups in total. The summed E-state index contributed by atoms with van der Waals surface area (Å²) >= 11 is 0. The number of hydrogen-bond acceptors (Lipinski definition) is 2. The van der Waals surface area contributed by atoms with E-state index in [1.165, 1.54) is 0 Å². The molecule has 0 aliphatic heterocycles. The molecule has 0 unspecified atom stereocenters. The Balaban J connectivity index is 2.39. The van der Waals surface area contributed by atoms with Gasteiger partial charge in [-0.3, -0.25) is 9.59 Å². The molecule has 0 aliphatic carbocycles. The predicted molar refractivity (Wildman–Crippen MR) is 66.6 cm³/mol. The highest BCUT2D eigenvalue weighted by molar-refractivity contribution is 6.09. The molecule has 3 heteroatoms. The molecule has 1 heterocycles. The van der Waals surface area contributed by atoms with Crippen LogP contribution in [-0.4, -0.2) is 17.6 Å². The van der Waals surface area contributed by atoms with E-state index in [2.05, 4.69) is 4.98 Å². The average molecular weight is 223 g/mol. The van der Waals surface area contributed by atoms with Gasteiger partial charge in [-0.2, -0.15) is 0 Å². The third-order valence-electron chi connectivity index (χ3n) is 2.92. The summed E-state index contributed by atoms with van der Waals surface area (Å²) in [4.78, 5) is 24.6. The van der Waals surface area contributed by atoms with Crippen LogP contribution in [0.5, 0.6) is 0 Å². The number of hydrogen-bond donors (Lipinski definition) is 1. The first-order valence-corrected chi connectivity index (χ1v) is 5.27. The Labute approximate surface area is 97.1 Å². The summed E-state index contributed by atoms with van der Waals surface area (Å²) in [5.74, 6) is 0. The third-order valence-corrected chi connectivity index (χ3v) is 2.92. The van der Waals surface area contributed by atoms with E-state index in [9.17, 15) is 9.59 Å². The second-order valence-corrected chi connectivity index (χ2v) is 3.97. The van der Waals surface area contributed by atoms with Gasteiger partial charge >= 0.3 is 0 Å². The van der Waals surface area contributed by atoms with E-state index in [1.807, 2.05) is 24.3 Å². The van der Waals surface area contributed by atoms with Gasteiger partial charge in [0.1, 0.15) is 12.6 Å². The maximum Gasteiger partial charge on any atom is 0.150 e. The molecule has 3 rings (SSSR count). The minimum Gasteiger partial charge on any atom is -0.354 e. The van der Waals surface area contributed by atoms with Crippen LogP contribution in [0.25, 0.3) is 21.8 Å². The molecule has 0 atom stereocenters. The lowest BCUT2D eigenvalue weighted by molar-refractivity contribution is 0.111. The minimum atomic E-state index is 0.639. The fourth-order valence-electron chi connectivity index (χ4n) is 2.09. The number of carbonyl (C=O) groups excluding carboxylic acids is 2. The predicted octanol–water partition coefficient (Wildman–Crippen LogP) is 2.95. The van der Waals surface area contributed by atoms with Crippen molar-refractivity contribution in [1.82, 2.24) is 4.98 Å². The second-order valence-electron chi connectivity index (χ2n) is 3.97. The number of nitrogens with one attached hydrogen (secondary N) is 1. The maximum absolute atomic E-state index is 10.7. The number of aromatic nitrogens is 1. The first-order chi connectivity index (χ1) is 8.31. The smallest absolute Gasteiger partial charge is 0.150 e. The van der Waals surface area contributed by atoms with Crippen molar-refractivity contribution in [1.29, 1.82) is 0 Å². The Kier molecular flexibility index (Phi) is 2.05. The summed E-state index contributed by atoms with van der Waals surface area (Å²) in [5.41, 5.74) is 3.10. The lowest BCUT2D eigenvalue weighted by Gasteiger charge is -1.92. The van der Waals surface area contributed by atoms with Gasteiger partial charge < -0.3 is 4.98 Å². The summed E-state index contributed by atoms with van der Waals surface area (Å²) < 4.78 is 0. The summed E-state index contributed by atoms with van der Waals surface area (Å²) in [7, 11) is 0. The highest BCUT2D eigenvalue weighted by Gasteiger charge is 2.05. The van der Waals surface area contributed by atoms with Gasteiger partial charge in [0.25, 0.3) is 0 Å². The second kappa shape index (κ2) is 3.56. The Morgan fingerprint density at radius 3 is 1.65 bits per heavy atom. The summed E-state index contributed by atoms with van der Waals surface area (Å²) in [6.07, 6.45) is 1.64. The third kappa shape index (κ3) is 1.44. The number of benzene rings is 2. The van der Waals surface area contributed by atoms with E-state index < -0.39 is 0 Å². The van der Waals surface area contributed by atoms with Gasteiger partial charge in [-0.25, -0.2) is 0 Å². The topological polar surface area (TPSA) is 49.9 Å². The number of carbonyl (C=O) groups is 2. The fourth-order valence-corrected chi connectivity index (χ4v) is 2.09. The molecule has 0 saturated carbocycles. The van der Waals surface area contributed by atoms with Crippen molar-refractivity contribution in [2.45, 2.75) is 0 Å². The molecular weight excluding hydrogens is 214 g/mol. The Morgan fingerprint density at radius 2 is 1.24 bits per heavy atom. The standard InChI is InChI=1S/C14H9NO2/c16-7-9-1-3-11-12-4-2-10(8-17)6-14(12)15-13(11)5-9/h1-8,15H. The van der Waals surface area contributed by atoms with Gasteiger partial charge in [0.15, 0.2) is 0 Å². The molecule has 82 valence electrons. The van der Waals surface area contributed by atoms with Crippen LogP contribution >= 0.6 is 0 Å².